The predicted molar refractivity (Wildman–Crippen MR) is 99.8 cm³/mol. The van der Waals surface area contributed by atoms with E-state index < -0.39 is 36.8 Å². The summed E-state index contributed by atoms with van der Waals surface area (Å²) in [5.74, 6) is 0. The summed E-state index contributed by atoms with van der Waals surface area (Å²) < 4.78 is 17.4. The average molecular weight is 454 g/mol. The molecule has 4 atom stereocenters. The van der Waals surface area contributed by atoms with Gasteiger partial charge in [-0.1, -0.05) is 26.1 Å². The SMILES string of the molecule is CCC(P(=O)(S)OP(O)(=S)C(CC)P(O)(O)=S)P(O)(O)=S. The number of hydrogen-bond acceptors (Lipinski definition) is 5. The van der Waals surface area contributed by atoms with Crippen LogP contribution < -0.4 is 0 Å². The van der Waals surface area contributed by atoms with Crippen molar-refractivity contribution in [3.8, 4) is 0 Å². The lowest BCUT2D eigenvalue weighted by Gasteiger charge is -2.32. The van der Waals surface area contributed by atoms with Gasteiger partial charge in [0.2, 0.25) is 6.49 Å². The number of hydrogen-bond donors (Lipinski definition) is 6. The van der Waals surface area contributed by atoms with E-state index in [1.807, 2.05) is 0 Å². The number of thiol groups is 1. The molecule has 0 aromatic carbocycles. The quantitative estimate of drug-likeness (QED) is 0.241. The molecule has 128 valence electrons. The zero-order valence-electron chi connectivity index (χ0n) is 11.1. The van der Waals surface area contributed by atoms with Gasteiger partial charge < -0.3 is 24.5 Å². The molecule has 0 aromatic heterocycles. The first-order valence-electron chi connectivity index (χ1n) is 5.56. The van der Waals surface area contributed by atoms with Gasteiger partial charge in [-0.15, -0.1) is 0 Å². The topological polar surface area (TPSA) is 127 Å². The minimum atomic E-state index is -4.10. The maximum atomic E-state index is 12.5. The van der Waals surface area contributed by atoms with Crippen molar-refractivity contribution >= 4 is 73.7 Å². The van der Waals surface area contributed by atoms with Crippen molar-refractivity contribution in [3.63, 3.8) is 0 Å². The monoisotopic (exact) mass is 454 g/mol. The summed E-state index contributed by atoms with van der Waals surface area (Å²) in [5.41, 5.74) is 0. The normalized spacial score (nSPS) is 22.1. The summed E-state index contributed by atoms with van der Waals surface area (Å²) in [6, 6.07) is 0. The highest BCUT2D eigenvalue weighted by Gasteiger charge is 2.46. The van der Waals surface area contributed by atoms with E-state index in [0.717, 1.165) is 0 Å². The zero-order chi connectivity index (χ0) is 17.3. The Morgan fingerprint density at radius 3 is 1.52 bits per heavy atom. The molecular formula is C6H18O7P4S4. The second kappa shape index (κ2) is 8.11. The van der Waals surface area contributed by atoms with Crippen LogP contribution in [0.15, 0.2) is 0 Å². The van der Waals surface area contributed by atoms with Gasteiger partial charge in [-0.05, 0) is 48.3 Å². The van der Waals surface area contributed by atoms with Crippen LogP contribution in [0.5, 0.6) is 0 Å². The maximum absolute atomic E-state index is 12.5. The fourth-order valence-corrected chi connectivity index (χ4v) is 19.6. The maximum Gasteiger partial charge on any atom is 0.272 e. The standard InChI is InChI=1S/C6H18O7P4S4/c1-3-5(14(7,8)18)16(11,20)13-17(12,21)6(4-2)15(9,10)19/h5-6H,3-4H2,1-2H3,(H,11,20)(H,12,21)(H2,7,8,18)(H2,9,10,19). The summed E-state index contributed by atoms with van der Waals surface area (Å²) in [4.78, 5) is 48.3. The minimum Gasteiger partial charge on any atom is -0.345 e. The Labute approximate surface area is 144 Å². The summed E-state index contributed by atoms with van der Waals surface area (Å²) in [6.45, 7) is -13.0. The molecule has 0 radical (unpaired) electrons. The molecule has 7 nitrogen and oxygen atoms in total. The molecule has 0 aliphatic rings. The molecule has 0 fully saturated rings. The minimum absolute atomic E-state index is 0.00492. The first-order valence-corrected chi connectivity index (χ1v) is 16.7. The Balaban J connectivity index is 5.62. The van der Waals surface area contributed by atoms with Crippen molar-refractivity contribution in [2.75, 3.05) is 0 Å². The third-order valence-electron chi connectivity index (χ3n) is 2.49. The summed E-state index contributed by atoms with van der Waals surface area (Å²) in [6.07, 6.45) is -0.0291. The Morgan fingerprint density at radius 2 is 1.29 bits per heavy atom. The fourth-order valence-electron chi connectivity index (χ4n) is 1.59. The molecule has 0 amide bonds. The number of rotatable bonds is 8. The lowest BCUT2D eigenvalue weighted by Crippen LogP contribution is -2.12. The molecule has 0 bridgehead atoms. The lowest BCUT2D eigenvalue weighted by molar-refractivity contribution is 0.434. The molecule has 5 N–H and O–H groups in total. The molecular weight excluding hydrogens is 436 g/mol. The summed E-state index contributed by atoms with van der Waals surface area (Å²) in [5, 5.41) is -2.73. The summed E-state index contributed by atoms with van der Waals surface area (Å²) >= 11 is 17.6. The molecule has 0 saturated heterocycles. The molecule has 0 aromatic rings. The third-order valence-corrected chi connectivity index (χ3v) is 19.0. The largest absolute Gasteiger partial charge is 0.345 e. The van der Waals surface area contributed by atoms with Crippen molar-refractivity contribution in [2.24, 2.45) is 0 Å². The van der Waals surface area contributed by atoms with E-state index in [9.17, 15) is 29.0 Å². The van der Waals surface area contributed by atoms with Crippen LogP contribution in [0.4, 0.5) is 0 Å². The van der Waals surface area contributed by atoms with Crippen molar-refractivity contribution < 1.29 is 33.3 Å². The van der Waals surface area contributed by atoms with Crippen molar-refractivity contribution in [1.82, 2.24) is 0 Å². The first kappa shape index (κ1) is 23.3. The van der Waals surface area contributed by atoms with Gasteiger partial charge in [-0.2, -0.15) is 0 Å². The van der Waals surface area contributed by atoms with Crippen LogP contribution in [0.25, 0.3) is 0 Å². The van der Waals surface area contributed by atoms with E-state index in [4.69, 9.17) is 16.1 Å². The molecule has 0 spiro atoms. The molecule has 0 heterocycles. The highest BCUT2D eigenvalue weighted by Crippen LogP contribution is 2.78. The van der Waals surface area contributed by atoms with Gasteiger partial charge in [-0.3, -0.25) is 8.88 Å². The predicted octanol–water partition coefficient (Wildman–Crippen LogP) is 2.49. The van der Waals surface area contributed by atoms with Gasteiger partial charge in [-0.25, -0.2) is 0 Å². The third kappa shape index (κ3) is 6.97. The van der Waals surface area contributed by atoms with E-state index in [0.29, 0.717) is 0 Å². The molecule has 0 aliphatic heterocycles. The second-order valence-corrected chi connectivity index (χ2v) is 19.2. The Morgan fingerprint density at radius 1 is 0.952 bits per heavy atom. The van der Waals surface area contributed by atoms with Crippen LogP contribution in [-0.2, 0) is 44.3 Å². The Kier molecular flexibility index (Phi) is 9.00. The highest BCUT2D eigenvalue weighted by atomic mass is 32.7. The first-order chi connectivity index (χ1) is 9.09. The molecule has 4 unspecified atom stereocenters. The van der Waals surface area contributed by atoms with Gasteiger partial charge in [0.1, 0.15) is 10.8 Å². The van der Waals surface area contributed by atoms with Crippen LogP contribution in [0.1, 0.15) is 26.7 Å². The van der Waals surface area contributed by atoms with Gasteiger partial charge in [0.05, 0.1) is 0 Å². The van der Waals surface area contributed by atoms with Crippen molar-refractivity contribution in [2.45, 2.75) is 37.5 Å². The molecule has 15 heteroatoms. The smallest absolute Gasteiger partial charge is 0.272 e. The van der Waals surface area contributed by atoms with Crippen molar-refractivity contribution in [1.29, 1.82) is 0 Å². The summed E-state index contributed by atoms with van der Waals surface area (Å²) in [7, 11) is 0. The van der Waals surface area contributed by atoms with E-state index in [1.54, 1.807) is 0 Å². The van der Waals surface area contributed by atoms with E-state index in [2.05, 4.69) is 35.9 Å². The van der Waals surface area contributed by atoms with Crippen LogP contribution in [-0.4, -0.2) is 35.3 Å². The fraction of sp³-hybridized carbons (Fsp3) is 1.00. The van der Waals surface area contributed by atoms with Crippen LogP contribution in [0, 0.1) is 0 Å². The highest BCUT2D eigenvalue weighted by molar-refractivity contribution is 8.49. The van der Waals surface area contributed by atoms with Crippen LogP contribution >= 0.6 is 38.3 Å². The Bertz CT molecular complexity index is 507. The Hall–Kier alpha value is 2.29. The van der Waals surface area contributed by atoms with Crippen LogP contribution in [0.3, 0.4) is 0 Å². The molecule has 0 aliphatic carbocycles. The average Bonchev–Trinajstić information content (AvgIpc) is 2.10. The van der Waals surface area contributed by atoms with Gasteiger partial charge >= 0.3 is 0 Å². The van der Waals surface area contributed by atoms with Gasteiger partial charge in [0, 0.05) is 0 Å². The van der Waals surface area contributed by atoms with Gasteiger partial charge in [0.15, 0.2) is 13.0 Å². The van der Waals surface area contributed by atoms with Crippen LogP contribution in [0.2, 0.25) is 0 Å². The lowest BCUT2D eigenvalue weighted by atomic mass is 10.6. The van der Waals surface area contributed by atoms with Crippen molar-refractivity contribution in [3.05, 3.63) is 0 Å². The zero-order valence-corrected chi connectivity index (χ0v) is 18.0. The van der Waals surface area contributed by atoms with Gasteiger partial charge in [0.25, 0.3) is 6.57 Å². The van der Waals surface area contributed by atoms with E-state index >= 15 is 0 Å². The molecule has 21 heavy (non-hydrogen) atoms. The second-order valence-electron chi connectivity index (χ2n) is 4.17. The van der Waals surface area contributed by atoms with E-state index in [-0.39, 0.29) is 12.8 Å². The van der Waals surface area contributed by atoms with E-state index in [1.165, 1.54) is 13.8 Å². The molecule has 0 saturated carbocycles. The molecule has 0 rings (SSSR count).